The van der Waals surface area contributed by atoms with Crippen LogP contribution in [0.3, 0.4) is 0 Å². The Hall–Kier alpha value is -3.42. The molecule has 8 heteroatoms. The van der Waals surface area contributed by atoms with Gasteiger partial charge in [0.1, 0.15) is 11.4 Å². The van der Waals surface area contributed by atoms with Gasteiger partial charge < -0.3 is 20.2 Å². The van der Waals surface area contributed by atoms with Crippen LogP contribution in [0.4, 0.5) is 5.69 Å². The van der Waals surface area contributed by atoms with Crippen LogP contribution in [-0.2, 0) is 24.8 Å². The lowest BCUT2D eigenvalue weighted by atomic mass is 10.1. The highest BCUT2D eigenvalue weighted by Crippen LogP contribution is 2.22. The largest absolute Gasteiger partial charge is 0.365 e. The second-order valence-electron chi connectivity index (χ2n) is 7.01. The summed E-state index contributed by atoms with van der Waals surface area (Å²) in [6, 6.07) is 7.82. The maximum atomic E-state index is 12.7. The lowest BCUT2D eigenvalue weighted by molar-refractivity contribution is -0.116. The third-order valence-electron chi connectivity index (χ3n) is 5.26. The molecule has 0 saturated heterocycles. The van der Waals surface area contributed by atoms with Gasteiger partial charge in [-0.25, -0.2) is 4.98 Å². The van der Waals surface area contributed by atoms with E-state index in [-0.39, 0.29) is 17.9 Å². The smallest absolute Gasteiger partial charge is 0.263 e. The van der Waals surface area contributed by atoms with Gasteiger partial charge in [-0.15, -0.1) is 0 Å². The Balaban J connectivity index is 1.86. The zero-order valence-electron chi connectivity index (χ0n) is 17.1. The van der Waals surface area contributed by atoms with Crippen LogP contribution in [0.5, 0.6) is 0 Å². The summed E-state index contributed by atoms with van der Waals surface area (Å²) in [4.78, 5) is 41.3. The number of hydrogen-bond acceptors (Lipinski definition) is 4. The first-order valence-electron chi connectivity index (χ1n) is 9.50. The summed E-state index contributed by atoms with van der Waals surface area (Å²) in [7, 11) is 1.55. The molecule has 0 saturated carbocycles. The average molecular weight is 395 g/mol. The molecule has 0 aliphatic rings. The van der Waals surface area contributed by atoms with Crippen LogP contribution in [0.15, 0.2) is 29.1 Å². The molecule has 152 valence electrons. The fraction of sp³-hybridized carbons (Fsp3) is 0.333. The van der Waals surface area contributed by atoms with E-state index in [1.165, 1.54) is 4.57 Å². The van der Waals surface area contributed by atoms with E-state index in [4.69, 9.17) is 5.73 Å². The molecule has 8 nitrogen and oxygen atoms in total. The van der Waals surface area contributed by atoms with Crippen molar-refractivity contribution >= 4 is 28.5 Å². The number of nitrogens with one attached hydrogen (secondary N) is 1. The van der Waals surface area contributed by atoms with Crippen LogP contribution in [0.2, 0.25) is 0 Å². The zero-order valence-corrected chi connectivity index (χ0v) is 17.1. The first-order valence-corrected chi connectivity index (χ1v) is 9.50. The number of carbonyl (C=O) groups is 2. The van der Waals surface area contributed by atoms with Gasteiger partial charge in [0.2, 0.25) is 5.91 Å². The van der Waals surface area contributed by atoms with Crippen LogP contribution in [0.1, 0.15) is 40.8 Å². The molecule has 0 bridgehead atoms. The quantitative estimate of drug-likeness (QED) is 0.665. The van der Waals surface area contributed by atoms with E-state index in [2.05, 4.69) is 10.3 Å². The molecule has 0 aliphatic heterocycles. The molecule has 0 aliphatic carbocycles. The number of para-hydroxylation sites is 2. The number of carbonyl (C=O) groups excluding carboxylic acids is 2. The third-order valence-corrected chi connectivity index (χ3v) is 5.26. The molecule has 0 radical (unpaired) electrons. The van der Waals surface area contributed by atoms with Crippen LogP contribution < -0.4 is 16.6 Å². The molecule has 3 rings (SSSR count). The Kier molecular flexibility index (Phi) is 5.54. The summed E-state index contributed by atoms with van der Waals surface area (Å²) in [6.07, 6.45) is 0.984. The molecule has 29 heavy (non-hydrogen) atoms. The lowest BCUT2D eigenvalue weighted by Crippen LogP contribution is -2.32. The van der Waals surface area contributed by atoms with Crippen LogP contribution in [-0.4, -0.2) is 25.9 Å². The number of imidazole rings is 1. The van der Waals surface area contributed by atoms with E-state index < -0.39 is 11.5 Å². The van der Waals surface area contributed by atoms with E-state index in [1.54, 1.807) is 20.9 Å². The number of hydrogen-bond donors (Lipinski definition) is 2. The highest BCUT2D eigenvalue weighted by atomic mass is 16.2. The van der Waals surface area contributed by atoms with E-state index in [9.17, 15) is 14.4 Å². The molecule has 2 aromatic heterocycles. The van der Waals surface area contributed by atoms with Crippen molar-refractivity contribution in [2.45, 2.75) is 40.2 Å². The predicted molar refractivity (Wildman–Crippen MR) is 112 cm³/mol. The summed E-state index contributed by atoms with van der Waals surface area (Å²) in [5, 5.41) is 2.85. The molecule has 0 spiro atoms. The summed E-state index contributed by atoms with van der Waals surface area (Å²) in [5.41, 5.74) is 8.07. The fourth-order valence-electron chi connectivity index (χ4n) is 3.58. The minimum Gasteiger partial charge on any atom is -0.365 e. The van der Waals surface area contributed by atoms with E-state index in [0.717, 1.165) is 23.3 Å². The van der Waals surface area contributed by atoms with Gasteiger partial charge in [0, 0.05) is 32.1 Å². The van der Waals surface area contributed by atoms with Gasteiger partial charge in [0.15, 0.2) is 0 Å². The summed E-state index contributed by atoms with van der Waals surface area (Å²) >= 11 is 0. The number of benzene rings is 1. The zero-order chi connectivity index (χ0) is 21.3. The van der Waals surface area contributed by atoms with Gasteiger partial charge in [-0.3, -0.25) is 14.4 Å². The topological polar surface area (TPSA) is 112 Å². The molecular formula is C21H25N5O3. The van der Waals surface area contributed by atoms with Crippen molar-refractivity contribution in [2.75, 3.05) is 5.32 Å². The first-order chi connectivity index (χ1) is 13.8. The molecule has 3 N–H and O–H groups in total. The molecular weight excluding hydrogens is 370 g/mol. The average Bonchev–Trinajstić information content (AvgIpc) is 3.05. The highest BCUT2D eigenvalue weighted by Gasteiger charge is 2.20. The number of nitrogens with zero attached hydrogens (tertiary/aromatic N) is 3. The molecule has 2 amide bonds. The maximum Gasteiger partial charge on any atom is 0.263 e. The van der Waals surface area contributed by atoms with Crippen molar-refractivity contribution in [1.82, 2.24) is 14.1 Å². The van der Waals surface area contributed by atoms with E-state index in [1.807, 2.05) is 35.8 Å². The molecule has 1 aromatic carbocycles. The summed E-state index contributed by atoms with van der Waals surface area (Å²) < 4.78 is 3.37. The molecule has 3 aromatic rings. The molecule has 0 fully saturated rings. The summed E-state index contributed by atoms with van der Waals surface area (Å²) in [5.74, 6) is -0.106. The minimum absolute atomic E-state index is 0.109. The standard InChI is InChI=1S/C21H25N5O3/c1-5-16-23-14-8-6-7-9-15(14)26(16)11-10-17(27)24-19-12(2)18(20(22)28)21(29)25(4)13(19)3/h6-9H,5,10-11H2,1-4H3,(H2,22,28)(H,24,27). The minimum atomic E-state index is -0.809. The van der Waals surface area contributed by atoms with E-state index >= 15 is 0 Å². The second-order valence-corrected chi connectivity index (χ2v) is 7.01. The fourth-order valence-corrected chi connectivity index (χ4v) is 3.58. The maximum absolute atomic E-state index is 12.7. The van der Waals surface area contributed by atoms with Gasteiger partial charge in [-0.2, -0.15) is 0 Å². The Morgan fingerprint density at radius 3 is 2.55 bits per heavy atom. The first kappa shape index (κ1) is 20.3. The van der Waals surface area contributed by atoms with Gasteiger partial charge >= 0.3 is 0 Å². The number of primary amides is 1. The van der Waals surface area contributed by atoms with Gasteiger partial charge in [-0.05, 0) is 31.5 Å². The van der Waals surface area contributed by atoms with Crippen molar-refractivity contribution in [3.63, 3.8) is 0 Å². The molecule has 2 heterocycles. The number of amides is 2. The molecule has 0 unspecified atom stereocenters. The van der Waals surface area contributed by atoms with Crippen molar-refractivity contribution in [3.8, 4) is 0 Å². The van der Waals surface area contributed by atoms with Gasteiger partial charge in [0.05, 0.1) is 16.7 Å². The van der Waals surface area contributed by atoms with E-state index in [0.29, 0.717) is 23.5 Å². The Labute approximate surface area is 168 Å². The predicted octanol–water partition coefficient (Wildman–Crippen LogP) is 2.04. The Morgan fingerprint density at radius 1 is 1.21 bits per heavy atom. The second kappa shape index (κ2) is 7.90. The number of rotatable bonds is 6. The van der Waals surface area contributed by atoms with Crippen molar-refractivity contribution in [2.24, 2.45) is 12.8 Å². The Bertz CT molecular complexity index is 1170. The van der Waals surface area contributed by atoms with Crippen molar-refractivity contribution in [1.29, 1.82) is 0 Å². The number of nitrogens with two attached hydrogens (primary N) is 1. The number of pyridine rings is 1. The number of fused-ring (bicyclic) bond motifs is 1. The van der Waals surface area contributed by atoms with Crippen LogP contribution in [0.25, 0.3) is 11.0 Å². The van der Waals surface area contributed by atoms with Crippen molar-refractivity contribution < 1.29 is 9.59 Å². The summed E-state index contributed by atoms with van der Waals surface area (Å²) in [6.45, 7) is 5.83. The normalized spacial score (nSPS) is 11.0. The van der Waals surface area contributed by atoms with Crippen LogP contribution >= 0.6 is 0 Å². The monoisotopic (exact) mass is 395 g/mol. The lowest BCUT2D eigenvalue weighted by Gasteiger charge is -2.17. The SMILES string of the molecule is CCc1nc2ccccc2n1CCC(=O)Nc1c(C)c(C(N)=O)c(=O)n(C)c1C. The van der Waals surface area contributed by atoms with Gasteiger partial charge in [0.25, 0.3) is 11.5 Å². The number of anilines is 1. The number of aromatic nitrogens is 3. The van der Waals surface area contributed by atoms with Crippen molar-refractivity contribution in [3.05, 3.63) is 57.3 Å². The van der Waals surface area contributed by atoms with Gasteiger partial charge in [-0.1, -0.05) is 19.1 Å². The highest BCUT2D eigenvalue weighted by molar-refractivity contribution is 5.98. The van der Waals surface area contributed by atoms with Crippen LogP contribution in [0, 0.1) is 13.8 Å². The number of aryl methyl sites for hydroxylation is 2. The third kappa shape index (κ3) is 3.65. The molecule has 0 atom stereocenters. The Morgan fingerprint density at radius 2 is 1.90 bits per heavy atom.